The number of rotatable bonds is 4. The van der Waals surface area contributed by atoms with E-state index in [1.54, 1.807) is 0 Å². The summed E-state index contributed by atoms with van der Waals surface area (Å²) in [6.45, 7) is 4.36. The predicted molar refractivity (Wildman–Crippen MR) is 75.6 cm³/mol. The van der Waals surface area contributed by atoms with Crippen molar-refractivity contribution in [3.05, 3.63) is 33.8 Å². The van der Waals surface area contributed by atoms with Crippen LogP contribution in [0.5, 0.6) is 0 Å². The van der Waals surface area contributed by atoms with E-state index < -0.39 is 17.6 Å². The smallest absolute Gasteiger partial charge is 0.341 e. The topological polar surface area (TPSA) is 20.3 Å². The zero-order valence-electron chi connectivity index (χ0n) is 11.6. The Balaban J connectivity index is 3.10. The molecule has 0 heterocycles. The molecule has 1 atom stereocenters. The molecule has 0 N–H and O–H groups in total. The van der Waals surface area contributed by atoms with Gasteiger partial charge in [0.2, 0.25) is 0 Å². The fraction of sp³-hybridized carbons (Fsp3) is 0.500. The number of carbonyl (C=O) groups excluding carboxylic acids is 1. The number of nitrogens with zero attached hydrogens (tertiary/aromatic N) is 1. The molecule has 0 bridgehead atoms. The van der Waals surface area contributed by atoms with E-state index in [0.29, 0.717) is 11.0 Å². The first-order valence-electron chi connectivity index (χ1n) is 6.29. The van der Waals surface area contributed by atoms with E-state index in [1.165, 1.54) is 24.1 Å². The Kier molecular flexibility index (Phi) is 5.62. The average molecular weight is 352 g/mol. The average Bonchev–Trinajstić information content (AvgIpc) is 2.36. The first kappa shape index (κ1) is 17.0. The van der Waals surface area contributed by atoms with Crippen LogP contribution in [0.4, 0.5) is 13.2 Å². The zero-order valence-corrected chi connectivity index (χ0v) is 13.2. The van der Waals surface area contributed by atoms with Crippen LogP contribution in [0, 0.1) is 5.92 Å². The van der Waals surface area contributed by atoms with Gasteiger partial charge in [-0.3, -0.25) is 4.79 Å². The van der Waals surface area contributed by atoms with Crippen LogP contribution < -0.4 is 0 Å². The first-order chi connectivity index (χ1) is 9.16. The van der Waals surface area contributed by atoms with E-state index in [2.05, 4.69) is 15.9 Å². The van der Waals surface area contributed by atoms with Crippen LogP contribution in [0.25, 0.3) is 0 Å². The number of amides is 1. The molecular formula is C14H17BrF3NO. The van der Waals surface area contributed by atoms with Gasteiger partial charge >= 0.3 is 6.18 Å². The third-order valence-corrected chi connectivity index (χ3v) is 3.64. The van der Waals surface area contributed by atoms with Crippen molar-refractivity contribution in [3.63, 3.8) is 0 Å². The second-order valence-corrected chi connectivity index (χ2v) is 5.80. The molecule has 112 valence electrons. The Labute approximate surface area is 125 Å². The van der Waals surface area contributed by atoms with Gasteiger partial charge < -0.3 is 4.90 Å². The molecule has 2 nitrogen and oxygen atoms in total. The maximum absolute atomic E-state index is 13.0. The Morgan fingerprint density at radius 1 is 1.40 bits per heavy atom. The summed E-state index contributed by atoms with van der Waals surface area (Å²) in [5.74, 6) is -0.362. The minimum Gasteiger partial charge on any atom is -0.341 e. The quantitative estimate of drug-likeness (QED) is 0.776. The third-order valence-electron chi connectivity index (χ3n) is 3.15. The fourth-order valence-corrected chi connectivity index (χ4v) is 2.18. The number of hydrogen-bond donors (Lipinski definition) is 0. The largest absolute Gasteiger partial charge is 0.417 e. The molecule has 1 amide bonds. The summed E-state index contributed by atoms with van der Waals surface area (Å²) < 4.78 is 39.3. The highest BCUT2D eigenvalue weighted by Gasteiger charge is 2.36. The van der Waals surface area contributed by atoms with Crippen LogP contribution in [0.2, 0.25) is 0 Å². The lowest BCUT2D eigenvalue weighted by molar-refractivity contribution is -0.138. The highest BCUT2D eigenvalue weighted by atomic mass is 79.9. The Bertz CT molecular complexity index is 488. The van der Waals surface area contributed by atoms with Crippen molar-refractivity contribution < 1.29 is 18.0 Å². The molecule has 0 saturated carbocycles. The van der Waals surface area contributed by atoms with Crippen LogP contribution in [-0.4, -0.2) is 24.4 Å². The van der Waals surface area contributed by atoms with Gasteiger partial charge in [-0.15, -0.1) is 0 Å². The minimum absolute atomic E-state index is 0.244. The van der Waals surface area contributed by atoms with E-state index in [1.807, 2.05) is 13.8 Å². The van der Waals surface area contributed by atoms with Crippen molar-refractivity contribution >= 4 is 21.8 Å². The van der Waals surface area contributed by atoms with Crippen molar-refractivity contribution in [1.82, 2.24) is 4.90 Å². The molecule has 1 aromatic carbocycles. The number of benzene rings is 1. The van der Waals surface area contributed by atoms with E-state index in [9.17, 15) is 18.0 Å². The number of alkyl halides is 3. The highest BCUT2D eigenvalue weighted by Crippen LogP contribution is 2.34. The fourth-order valence-electron chi connectivity index (χ4n) is 1.82. The summed E-state index contributed by atoms with van der Waals surface area (Å²) in [5.41, 5.74) is -1.22. The standard InChI is InChI=1S/C14H17BrF3NO/c1-4-9(2)8-19(3)13(20)11-6-5-10(15)7-12(11)14(16,17)18/h5-7,9H,4,8H2,1-3H3. The van der Waals surface area contributed by atoms with Gasteiger partial charge in [-0.2, -0.15) is 13.2 Å². The summed E-state index contributed by atoms with van der Waals surface area (Å²) in [5, 5.41) is 0. The minimum atomic E-state index is -4.55. The van der Waals surface area contributed by atoms with Gasteiger partial charge in [-0.1, -0.05) is 36.2 Å². The molecule has 0 fully saturated rings. The Hall–Kier alpha value is -1.04. The molecule has 6 heteroatoms. The zero-order chi connectivity index (χ0) is 15.5. The van der Waals surface area contributed by atoms with Crippen LogP contribution in [0.15, 0.2) is 22.7 Å². The van der Waals surface area contributed by atoms with Crippen LogP contribution in [-0.2, 0) is 6.18 Å². The van der Waals surface area contributed by atoms with Gasteiger partial charge in [0.1, 0.15) is 0 Å². The lowest BCUT2D eigenvalue weighted by atomic mass is 10.0. The van der Waals surface area contributed by atoms with Gasteiger partial charge in [0.25, 0.3) is 5.91 Å². The normalized spacial score (nSPS) is 13.2. The van der Waals surface area contributed by atoms with Gasteiger partial charge in [0.05, 0.1) is 11.1 Å². The molecule has 0 spiro atoms. The molecule has 0 saturated heterocycles. The van der Waals surface area contributed by atoms with Gasteiger partial charge in [0, 0.05) is 18.1 Å². The van der Waals surface area contributed by atoms with Gasteiger partial charge in [-0.25, -0.2) is 0 Å². The number of halogens is 4. The van der Waals surface area contributed by atoms with E-state index in [4.69, 9.17) is 0 Å². The second kappa shape index (κ2) is 6.61. The molecular weight excluding hydrogens is 335 g/mol. The Morgan fingerprint density at radius 3 is 2.50 bits per heavy atom. The van der Waals surface area contributed by atoms with Gasteiger partial charge in [0.15, 0.2) is 0 Å². The molecule has 0 aliphatic carbocycles. The molecule has 20 heavy (non-hydrogen) atoms. The van der Waals surface area contributed by atoms with Crippen LogP contribution >= 0.6 is 15.9 Å². The molecule has 1 rings (SSSR count). The molecule has 1 unspecified atom stereocenters. The summed E-state index contributed by atoms with van der Waals surface area (Å²) in [7, 11) is 1.52. The molecule has 0 radical (unpaired) electrons. The van der Waals surface area contributed by atoms with Crippen LogP contribution in [0.3, 0.4) is 0 Å². The number of hydrogen-bond acceptors (Lipinski definition) is 1. The van der Waals surface area contributed by atoms with Crippen molar-refractivity contribution in [2.24, 2.45) is 5.92 Å². The molecule has 0 aromatic heterocycles. The Morgan fingerprint density at radius 2 is 2.00 bits per heavy atom. The summed E-state index contributed by atoms with van der Waals surface area (Å²) >= 11 is 3.00. The van der Waals surface area contributed by atoms with Crippen LogP contribution in [0.1, 0.15) is 36.2 Å². The van der Waals surface area contributed by atoms with E-state index >= 15 is 0 Å². The van der Waals surface area contributed by atoms with Crippen molar-refractivity contribution in [3.8, 4) is 0 Å². The van der Waals surface area contributed by atoms with Crippen molar-refractivity contribution in [2.75, 3.05) is 13.6 Å². The summed E-state index contributed by atoms with van der Waals surface area (Å²) in [6, 6.07) is 3.59. The SMILES string of the molecule is CCC(C)CN(C)C(=O)c1ccc(Br)cc1C(F)(F)F. The third kappa shape index (κ3) is 4.23. The molecule has 0 aliphatic heterocycles. The lowest BCUT2D eigenvalue weighted by Crippen LogP contribution is -2.32. The van der Waals surface area contributed by atoms with Crippen molar-refractivity contribution in [1.29, 1.82) is 0 Å². The van der Waals surface area contributed by atoms with E-state index in [-0.39, 0.29) is 11.5 Å². The summed E-state index contributed by atoms with van der Waals surface area (Å²) in [6.07, 6.45) is -3.68. The maximum Gasteiger partial charge on any atom is 0.417 e. The molecule has 1 aromatic rings. The second-order valence-electron chi connectivity index (χ2n) is 4.89. The van der Waals surface area contributed by atoms with Crippen molar-refractivity contribution in [2.45, 2.75) is 26.4 Å². The first-order valence-corrected chi connectivity index (χ1v) is 7.08. The number of carbonyl (C=O) groups is 1. The predicted octanol–water partition coefficient (Wildman–Crippen LogP) is 4.59. The lowest BCUT2D eigenvalue weighted by Gasteiger charge is -2.22. The maximum atomic E-state index is 13.0. The van der Waals surface area contributed by atoms with E-state index in [0.717, 1.165) is 12.5 Å². The van der Waals surface area contributed by atoms with Gasteiger partial charge in [-0.05, 0) is 24.1 Å². The highest BCUT2D eigenvalue weighted by molar-refractivity contribution is 9.10. The monoisotopic (exact) mass is 351 g/mol. The summed E-state index contributed by atoms with van der Waals surface area (Å²) in [4.78, 5) is 13.5. The molecule has 0 aliphatic rings.